The smallest absolute Gasteiger partial charge is 0.261 e. The van der Waals surface area contributed by atoms with Crippen LogP contribution in [0.4, 0.5) is 0 Å². The van der Waals surface area contributed by atoms with Crippen molar-refractivity contribution in [3.63, 3.8) is 0 Å². The molecule has 2 aliphatic rings. The van der Waals surface area contributed by atoms with E-state index in [0.29, 0.717) is 43.5 Å². The van der Waals surface area contributed by atoms with E-state index in [1.807, 2.05) is 31.2 Å². The average molecular weight is 377 g/mol. The molecule has 0 amide bonds. The largest absolute Gasteiger partial charge is 0.488 e. The highest BCUT2D eigenvalue weighted by atomic mass is 32.2. The summed E-state index contributed by atoms with van der Waals surface area (Å²) in [5.74, 6) is 2.47. The van der Waals surface area contributed by atoms with Crippen LogP contribution in [0.15, 0.2) is 28.8 Å². The van der Waals surface area contributed by atoms with Crippen LogP contribution in [0.5, 0.6) is 5.75 Å². The van der Waals surface area contributed by atoms with Gasteiger partial charge in [-0.15, -0.1) is 0 Å². The SMILES string of the molecule is CCCS(=O)(=O)N1CCC(Oc2ccccc2-c2nc(C3CC3)no2)C1. The first-order chi connectivity index (χ1) is 12.6. The highest BCUT2D eigenvalue weighted by Crippen LogP contribution is 2.39. The lowest BCUT2D eigenvalue weighted by atomic mass is 10.2. The Morgan fingerprint density at radius 3 is 2.85 bits per heavy atom. The third-order valence-electron chi connectivity index (χ3n) is 4.76. The van der Waals surface area contributed by atoms with Crippen molar-refractivity contribution in [3.05, 3.63) is 30.1 Å². The summed E-state index contributed by atoms with van der Waals surface area (Å²) >= 11 is 0. The fraction of sp³-hybridized carbons (Fsp3) is 0.556. The second-order valence-corrected chi connectivity index (χ2v) is 9.02. The molecule has 2 fully saturated rings. The topological polar surface area (TPSA) is 85.5 Å². The Morgan fingerprint density at radius 1 is 1.27 bits per heavy atom. The van der Waals surface area contributed by atoms with Crippen LogP contribution in [0.1, 0.15) is 44.3 Å². The zero-order valence-electron chi connectivity index (χ0n) is 14.8. The van der Waals surface area contributed by atoms with Gasteiger partial charge in [-0.1, -0.05) is 24.2 Å². The van der Waals surface area contributed by atoms with Crippen molar-refractivity contribution in [2.24, 2.45) is 0 Å². The number of nitrogens with zero attached hydrogens (tertiary/aromatic N) is 3. The molecule has 140 valence electrons. The van der Waals surface area contributed by atoms with Crippen LogP contribution < -0.4 is 4.74 Å². The first-order valence-electron chi connectivity index (χ1n) is 9.14. The molecule has 1 aliphatic heterocycles. The van der Waals surface area contributed by atoms with E-state index in [1.54, 1.807) is 0 Å². The number of para-hydroxylation sites is 1. The third kappa shape index (κ3) is 3.61. The van der Waals surface area contributed by atoms with Crippen molar-refractivity contribution in [3.8, 4) is 17.2 Å². The van der Waals surface area contributed by atoms with Crippen molar-refractivity contribution in [1.82, 2.24) is 14.4 Å². The number of ether oxygens (including phenoxy) is 1. The lowest BCUT2D eigenvalue weighted by molar-refractivity contribution is 0.216. The number of aromatic nitrogens is 2. The van der Waals surface area contributed by atoms with E-state index in [-0.39, 0.29) is 11.9 Å². The van der Waals surface area contributed by atoms with Crippen molar-refractivity contribution < 1.29 is 17.7 Å². The van der Waals surface area contributed by atoms with Crippen LogP contribution >= 0.6 is 0 Å². The predicted molar refractivity (Wildman–Crippen MR) is 96.4 cm³/mol. The second-order valence-electron chi connectivity index (χ2n) is 6.93. The molecule has 4 rings (SSSR count). The van der Waals surface area contributed by atoms with Crippen molar-refractivity contribution in [2.45, 2.75) is 44.6 Å². The Kier molecular flexibility index (Phi) is 4.71. The Labute approximate surface area is 153 Å². The van der Waals surface area contributed by atoms with Gasteiger partial charge in [0, 0.05) is 12.5 Å². The molecule has 26 heavy (non-hydrogen) atoms. The first kappa shape index (κ1) is 17.5. The van der Waals surface area contributed by atoms with Gasteiger partial charge in [-0.05, 0) is 37.8 Å². The molecule has 2 heterocycles. The van der Waals surface area contributed by atoms with E-state index < -0.39 is 10.0 Å². The van der Waals surface area contributed by atoms with Crippen LogP contribution in [-0.4, -0.2) is 47.8 Å². The van der Waals surface area contributed by atoms with Gasteiger partial charge in [-0.2, -0.15) is 9.29 Å². The highest BCUT2D eigenvalue weighted by Gasteiger charge is 2.33. The molecule has 0 N–H and O–H groups in total. The van der Waals surface area contributed by atoms with Gasteiger partial charge < -0.3 is 9.26 Å². The van der Waals surface area contributed by atoms with Gasteiger partial charge in [-0.3, -0.25) is 0 Å². The maximum absolute atomic E-state index is 12.2. The van der Waals surface area contributed by atoms with E-state index in [0.717, 1.165) is 24.2 Å². The summed E-state index contributed by atoms with van der Waals surface area (Å²) in [6.07, 6.45) is 3.35. The summed E-state index contributed by atoms with van der Waals surface area (Å²) in [5, 5.41) is 4.06. The maximum Gasteiger partial charge on any atom is 0.261 e. The van der Waals surface area contributed by atoms with Gasteiger partial charge in [-0.25, -0.2) is 8.42 Å². The Bertz CT molecular complexity index is 876. The number of sulfonamides is 1. The lowest BCUT2D eigenvalue weighted by Crippen LogP contribution is -2.32. The monoisotopic (exact) mass is 377 g/mol. The highest BCUT2D eigenvalue weighted by molar-refractivity contribution is 7.89. The van der Waals surface area contributed by atoms with Gasteiger partial charge in [0.05, 0.1) is 17.9 Å². The number of hydrogen-bond donors (Lipinski definition) is 0. The van der Waals surface area contributed by atoms with E-state index in [2.05, 4.69) is 10.1 Å². The number of rotatable bonds is 7. The molecule has 0 bridgehead atoms. The molecule has 2 aromatic rings. The van der Waals surface area contributed by atoms with Crippen LogP contribution in [-0.2, 0) is 10.0 Å². The summed E-state index contributed by atoms with van der Waals surface area (Å²) in [6.45, 7) is 2.76. The van der Waals surface area contributed by atoms with E-state index in [1.165, 1.54) is 4.31 Å². The van der Waals surface area contributed by atoms with E-state index in [9.17, 15) is 8.42 Å². The predicted octanol–water partition coefficient (Wildman–Crippen LogP) is 2.81. The Hall–Kier alpha value is -1.93. The Balaban J connectivity index is 1.49. The van der Waals surface area contributed by atoms with Crippen LogP contribution in [0.2, 0.25) is 0 Å². The van der Waals surface area contributed by atoms with Crippen LogP contribution in [0.25, 0.3) is 11.5 Å². The van der Waals surface area contributed by atoms with Gasteiger partial charge in [0.25, 0.3) is 5.89 Å². The minimum atomic E-state index is -3.18. The molecule has 1 saturated heterocycles. The molecule has 1 unspecified atom stereocenters. The number of benzene rings is 1. The normalized spacial score (nSPS) is 21.2. The molecule has 0 radical (unpaired) electrons. The molecule has 1 aliphatic carbocycles. The van der Waals surface area contributed by atoms with Crippen molar-refractivity contribution >= 4 is 10.0 Å². The molecule has 8 heteroatoms. The van der Waals surface area contributed by atoms with Crippen LogP contribution in [0.3, 0.4) is 0 Å². The first-order valence-corrected chi connectivity index (χ1v) is 10.7. The van der Waals surface area contributed by atoms with Gasteiger partial charge in [0.2, 0.25) is 10.0 Å². The molecule has 1 aromatic carbocycles. The lowest BCUT2D eigenvalue weighted by Gasteiger charge is -2.17. The van der Waals surface area contributed by atoms with Crippen LogP contribution in [0, 0.1) is 0 Å². The molecule has 1 atom stereocenters. The molecule has 1 saturated carbocycles. The van der Waals surface area contributed by atoms with Crippen molar-refractivity contribution in [1.29, 1.82) is 0 Å². The zero-order chi connectivity index (χ0) is 18.1. The summed E-state index contributed by atoms with van der Waals surface area (Å²) in [7, 11) is -3.18. The standard InChI is InChI=1S/C18H23N3O4S/c1-2-11-26(22,23)21-10-9-14(12-21)24-16-6-4-3-5-15(16)18-19-17(20-25-18)13-7-8-13/h3-6,13-14H,2,7-12H2,1H3. The summed E-state index contributed by atoms with van der Waals surface area (Å²) < 4.78 is 37.5. The fourth-order valence-corrected chi connectivity index (χ4v) is 4.76. The number of hydrogen-bond acceptors (Lipinski definition) is 6. The minimum absolute atomic E-state index is 0.173. The Morgan fingerprint density at radius 2 is 2.08 bits per heavy atom. The van der Waals surface area contributed by atoms with Crippen molar-refractivity contribution in [2.75, 3.05) is 18.8 Å². The van der Waals surface area contributed by atoms with Gasteiger partial charge in [0.15, 0.2) is 5.82 Å². The maximum atomic E-state index is 12.2. The van der Waals surface area contributed by atoms with E-state index >= 15 is 0 Å². The summed E-state index contributed by atoms with van der Waals surface area (Å²) in [5.41, 5.74) is 0.752. The molecule has 7 nitrogen and oxygen atoms in total. The minimum Gasteiger partial charge on any atom is -0.488 e. The third-order valence-corrected chi connectivity index (χ3v) is 6.80. The average Bonchev–Trinajstić information content (AvgIpc) is 3.16. The zero-order valence-corrected chi connectivity index (χ0v) is 15.6. The molecule has 1 aromatic heterocycles. The molecular formula is C18H23N3O4S. The fourth-order valence-electron chi connectivity index (χ4n) is 3.21. The van der Waals surface area contributed by atoms with Gasteiger partial charge in [0.1, 0.15) is 11.9 Å². The van der Waals surface area contributed by atoms with Gasteiger partial charge >= 0.3 is 0 Å². The second kappa shape index (κ2) is 7.00. The quantitative estimate of drug-likeness (QED) is 0.737. The summed E-state index contributed by atoms with van der Waals surface area (Å²) in [4.78, 5) is 4.49. The van der Waals surface area contributed by atoms with E-state index in [4.69, 9.17) is 9.26 Å². The summed E-state index contributed by atoms with van der Waals surface area (Å²) in [6, 6.07) is 7.53. The molecular weight excluding hydrogens is 354 g/mol. The molecule has 0 spiro atoms.